The second-order valence-corrected chi connectivity index (χ2v) is 3.61. The number of aryl methyl sites for hydroxylation is 1. The third-order valence-electron chi connectivity index (χ3n) is 2.40. The molecule has 2 rings (SSSR count). The van der Waals surface area contributed by atoms with Gasteiger partial charge in [0.2, 0.25) is 12.7 Å². The number of carbonyl (C=O) groups excluding carboxylic acids is 1. The molecule has 4 heteroatoms. The number of nitrogens with one attached hydrogen (secondary N) is 1. The first-order chi connectivity index (χ1) is 7.09. The molecule has 1 aromatic rings. The number of hydrogen-bond acceptors (Lipinski definition) is 3. The summed E-state index contributed by atoms with van der Waals surface area (Å²) >= 11 is 0. The average molecular weight is 207 g/mol. The molecule has 0 aliphatic carbocycles. The van der Waals surface area contributed by atoms with Gasteiger partial charge in [-0.15, -0.1) is 0 Å². The number of rotatable bonds is 1. The Morgan fingerprint density at radius 3 is 2.80 bits per heavy atom. The average Bonchev–Trinajstić information content (AvgIpc) is 2.59. The Balaban J connectivity index is 2.51. The fraction of sp³-hybridized carbons (Fsp3) is 0.364. The highest BCUT2D eigenvalue weighted by atomic mass is 16.7. The molecular formula is C11H13NO3. The lowest BCUT2D eigenvalue weighted by Crippen LogP contribution is -2.08. The molecule has 0 saturated heterocycles. The molecule has 0 bridgehead atoms. The van der Waals surface area contributed by atoms with Crippen molar-refractivity contribution in [1.82, 2.24) is 0 Å². The molecule has 1 aliphatic rings. The molecule has 0 unspecified atom stereocenters. The number of carbonyl (C=O) groups is 1. The van der Waals surface area contributed by atoms with Crippen LogP contribution in [0.3, 0.4) is 0 Å². The van der Waals surface area contributed by atoms with Gasteiger partial charge in [0.15, 0.2) is 11.5 Å². The molecular weight excluding hydrogens is 194 g/mol. The van der Waals surface area contributed by atoms with Crippen molar-refractivity contribution in [1.29, 1.82) is 0 Å². The van der Waals surface area contributed by atoms with E-state index in [1.54, 1.807) is 0 Å². The summed E-state index contributed by atoms with van der Waals surface area (Å²) in [7, 11) is 0. The molecule has 15 heavy (non-hydrogen) atoms. The molecule has 4 nitrogen and oxygen atoms in total. The van der Waals surface area contributed by atoms with Gasteiger partial charge >= 0.3 is 0 Å². The summed E-state index contributed by atoms with van der Waals surface area (Å²) in [5.74, 6) is 1.39. The van der Waals surface area contributed by atoms with Crippen molar-refractivity contribution in [3.8, 4) is 11.5 Å². The van der Waals surface area contributed by atoms with Gasteiger partial charge < -0.3 is 14.8 Å². The highest BCUT2D eigenvalue weighted by molar-refractivity contribution is 5.91. The van der Waals surface area contributed by atoms with Crippen molar-refractivity contribution in [2.24, 2.45) is 0 Å². The van der Waals surface area contributed by atoms with E-state index in [-0.39, 0.29) is 12.7 Å². The van der Waals surface area contributed by atoms with Crippen molar-refractivity contribution < 1.29 is 14.3 Å². The van der Waals surface area contributed by atoms with Crippen LogP contribution in [-0.2, 0) is 4.79 Å². The molecule has 0 atom stereocenters. The van der Waals surface area contributed by atoms with Gasteiger partial charge in [0.25, 0.3) is 0 Å². The fourth-order valence-electron chi connectivity index (χ4n) is 1.74. The van der Waals surface area contributed by atoms with Crippen LogP contribution in [0.15, 0.2) is 6.07 Å². The van der Waals surface area contributed by atoms with Gasteiger partial charge in [0.05, 0.1) is 5.69 Å². The first-order valence-corrected chi connectivity index (χ1v) is 4.77. The summed E-state index contributed by atoms with van der Waals surface area (Å²) in [5, 5.41) is 2.80. The third kappa shape index (κ3) is 1.63. The summed E-state index contributed by atoms with van der Waals surface area (Å²) < 4.78 is 10.6. The number of anilines is 1. The van der Waals surface area contributed by atoms with Crippen LogP contribution in [0.1, 0.15) is 18.1 Å². The smallest absolute Gasteiger partial charge is 0.231 e. The van der Waals surface area contributed by atoms with Crippen LogP contribution in [-0.4, -0.2) is 12.7 Å². The Hall–Kier alpha value is -1.71. The van der Waals surface area contributed by atoms with E-state index < -0.39 is 0 Å². The van der Waals surface area contributed by atoms with Gasteiger partial charge in [-0.3, -0.25) is 4.79 Å². The predicted octanol–water partition coefficient (Wildman–Crippen LogP) is 1.99. The van der Waals surface area contributed by atoms with Crippen LogP contribution in [0, 0.1) is 13.8 Å². The molecule has 0 aromatic heterocycles. The summed E-state index contributed by atoms with van der Waals surface area (Å²) in [6.45, 7) is 5.58. The van der Waals surface area contributed by atoms with E-state index in [1.807, 2.05) is 19.9 Å². The highest BCUT2D eigenvalue weighted by Gasteiger charge is 2.20. The maximum atomic E-state index is 11.0. The summed E-state index contributed by atoms with van der Waals surface area (Å²) in [5.41, 5.74) is 2.71. The fourth-order valence-corrected chi connectivity index (χ4v) is 1.74. The molecule has 1 aliphatic heterocycles. The quantitative estimate of drug-likeness (QED) is 0.766. The first kappa shape index (κ1) is 9.83. The molecule has 1 N–H and O–H groups in total. The van der Waals surface area contributed by atoms with E-state index in [2.05, 4.69) is 5.32 Å². The minimum atomic E-state index is -0.0833. The molecule has 0 fully saturated rings. The maximum absolute atomic E-state index is 11.0. The number of benzene rings is 1. The first-order valence-electron chi connectivity index (χ1n) is 4.77. The van der Waals surface area contributed by atoms with Gasteiger partial charge in [0, 0.05) is 12.5 Å². The van der Waals surface area contributed by atoms with Crippen molar-refractivity contribution in [3.63, 3.8) is 0 Å². The van der Waals surface area contributed by atoms with Crippen LogP contribution >= 0.6 is 0 Å². The van der Waals surface area contributed by atoms with Gasteiger partial charge in [-0.25, -0.2) is 0 Å². The lowest BCUT2D eigenvalue weighted by molar-refractivity contribution is -0.114. The standard InChI is InChI=1S/C11H13NO3/c1-6-4-9-11(15-5-14-9)7(2)10(6)12-8(3)13/h4H,5H2,1-3H3,(H,12,13). The highest BCUT2D eigenvalue weighted by Crippen LogP contribution is 2.41. The molecule has 0 saturated carbocycles. The van der Waals surface area contributed by atoms with Crippen LogP contribution in [0.4, 0.5) is 5.69 Å². The SMILES string of the molecule is CC(=O)Nc1c(C)cc2c(c1C)OCO2. The van der Waals surface area contributed by atoms with Gasteiger partial charge in [-0.2, -0.15) is 0 Å². The Kier molecular flexibility index (Phi) is 2.26. The Morgan fingerprint density at radius 1 is 1.40 bits per heavy atom. The van der Waals surface area contributed by atoms with E-state index in [9.17, 15) is 4.79 Å². The Labute approximate surface area is 88.2 Å². The molecule has 80 valence electrons. The molecule has 1 aromatic carbocycles. The number of hydrogen-bond donors (Lipinski definition) is 1. The van der Waals surface area contributed by atoms with Crippen LogP contribution in [0.25, 0.3) is 0 Å². The lowest BCUT2D eigenvalue weighted by Gasteiger charge is -2.12. The van der Waals surface area contributed by atoms with E-state index in [0.717, 1.165) is 28.3 Å². The summed E-state index contributed by atoms with van der Waals surface area (Å²) in [4.78, 5) is 11.0. The molecule has 0 spiro atoms. The molecule has 1 amide bonds. The number of amides is 1. The summed E-state index contributed by atoms with van der Waals surface area (Å²) in [6, 6.07) is 1.88. The van der Waals surface area contributed by atoms with E-state index in [1.165, 1.54) is 6.92 Å². The van der Waals surface area contributed by atoms with Crippen molar-refractivity contribution in [3.05, 3.63) is 17.2 Å². The maximum Gasteiger partial charge on any atom is 0.231 e. The molecule has 0 radical (unpaired) electrons. The van der Waals surface area contributed by atoms with Gasteiger partial charge in [-0.05, 0) is 25.5 Å². The van der Waals surface area contributed by atoms with E-state index >= 15 is 0 Å². The third-order valence-corrected chi connectivity index (χ3v) is 2.40. The summed E-state index contributed by atoms with van der Waals surface area (Å²) in [6.07, 6.45) is 0. The predicted molar refractivity (Wildman–Crippen MR) is 56.3 cm³/mol. The minimum absolute atomic E-state index is 0.0833. The monoisotopic (exact) mass is 207 g/mol. The van der Waals surface area contributed by atoms with Crippen molar-refractivity contribution in [2.45, 2.75) is 20.8 Å². The van der Waals surface area contributed by atoms with Gasteiger partial charge in [-0.1, -0.05) is 0 Å². The van der Waals surface area contributed by atoms with Crippen molar-refractivity contribution in [2.75, 3.05) is 12.1 Å². The zero-order valence-corrected chi connectivity index (χ0v) is 9.01. The van der Waals surface area contributed by atoms with E-state index in [0.29, 0.717) is 0 Å². The number of fused-ring (bicyclic) bond motifs is 1. The lowest BCUT2D eigenvalue weighted by atomic mass is 10.1. The zero-order chi connectivity index (χ0) is 11.0. The molecule has 1 heterocycles. The van der Waals surface area contributed by atoms with Crippen LogP contribution in [0.5, 0.6) is 11.5 Å². The minimum Gasteiger partial charge on any atom is -0.454 e. The second-order valence-electron chi connectivity index (χ2n) is 3.61. The van der Waals surface area contributed by atoms with E-state index in [4.69, 9.17) is 9.47 Å². The Morgan fingerprint density at radius 2 is 2.13 bits per heavy atom. The largest absolute Gasteiger partial charge is 0.454 e. The second kappa shape index (κ2) is 3.46. The van der Waals surface area contributed by atoms with Crippen LogP contribution < -0.4 is 14.8 Å². The normalized spacial score (nSPS) is 12.7. The van der Waals surface area contributed by atoms with Crippen LogP contribution in [0.2, 0.25) is 0 Å². The zero-order valence-electron chi connectivity index (χ0n) is 9.01. The topological polar surface area (TPSA) is 47.6 Å². The Bertz CT molecular complexity index is 426. The van der Waals surface area contributed by atoms with Crippen molar-refractivity contribution >= 4 is 11.6 Å². The van der Waals surface area contributed by atoms with Gasteiger partial charge in [0.1, 0.15) is 0 Å². The number of ether oxygens (including phenoxy) is 2.